The SMILES string of the molecule is CC(C)(C)OC(=O)C(NS(N)(=O)=O)[C@@H]1C[C@H](SC(c2ccccc2)(c2ccccc2)c2ccccc2)CN1C(=O)OCc1ccc([N+](=O)[O-])cc1. The van der Waals surface area contributed by atoms with Gasteiger partial charge in [0.05, 0.1) is 15.7 Å². The number of hydrogen-bond donors (Lipinski definition) is 2. The zero-order valence-electron chi connectivity index (χ0n) is 28.4. The average molecular weight is 733 g/mol. The maximum Gasteiger partial charge on any atom is 0.410 e. The Bertz CT molecular complexity index is 1830. The molecule has 268 valence electrons. The number of thioether (sulfide) groups is 1. The second-order valence-corrected chi connectivity index (χ2v) is 16.0. The fraction of sp³-hybridized carbons (Fsp3) is 0.297. The van der Waals surface area contributed by atoms with Crippen LogP contribution in [0.4, 0.5) is 10.5 Å². The number of nitrogens with zero attached hydrogens (tertiary/aromatic N) is 2. The molecule has 3 atom stereocenters. The highest BCUT2D eigenvalue weighted by atomic mass is 32.2. The van der Waals surface area contributed by atoms with Gasteiger partial charge in [-0.25, -0.2) is 9.93 Å². The first-order valence-corrected chi connectivity index (χ1v) is 18.6. The molecule has 0 spiro atoms. The van der Waals surface area contributed by atoms with Crippen LogP contribution in [-0.4, -0.2) is 59.8 Å². The first-order chi connectivity index (χ1) is 24.2. The summed E-state index contributed by atoms with van der Waals surface area (Å²) in [5, 5.41) is 16.2. The van der Waals surface area contributed by atoms with Crippen molar-refractivity contribution in [2.75, 3.05) is 6.54 Å². The predicted octanol–water partition coefficient (Wildman–Crippen LogP) is 5.90. The normalized spacial score (nSPS) is 17.1. The zero-order valence-corrected chi connectivity index (χ0v) is 30.0. The van der Waals surface area contributed by atoms with Crippen molar-refractivity contribution in [2.24, 2.45) is 5.14 Å². The summed E-state index contributed by atoms with van der Waals surface area (Å²) in [5.74, 6) is -0.902. The van der Waals surface area contributed by atoms with E-state index in [2.05, 4.69) is 4.72 Å². The number of carbonyl (C=O) groups excluding carboxylic acids is 2. The Balaban J connectivity index is 1.56. The summed E-state index contributed by atoms with van der Waals surface area (Å²) in [4.78, 5) is 39.5. The summed E-state index contributed by atoms with van der Waals surface area (Å²) in [6.07, 6.45) is -0.645. The number of esters is 1. The van der Waals surface area contributed by atoms with Crippen LogP contribution in [-0.2, 0) is 35.8 Å². The topological polar surface area (TPSA) is 171 Å². The van der Waals surface area contributed by atoms with Crippen molar-refractivity contribution in [1.82, 2.24) is 9.62 Å². The van der Waals surface area contributed by atoms with E-state index in [1.54, 1.807) is 32.5 Å². The van der Waals surface area contributed by atoms with E-state index >= 15 is 0 Å². The Morgan fingerprint density at radius 1 is 0.902 bits per heavy atom. The molecule has 0 radical (unpaired) electrons. The second kappa shape index (κ2) is 15.6. The number of nitro groups is 1. The minimum absolute atomic E-state index is 0.0777. The van der Waals surface area contributed by atoms with Crippen molar-refractivity contribution in [3.05, 3.63) is 148 Å². The molecule has 14 heteroatoms. The molecule has 1 fully saturated rings. The van der Waals surface area contributed by atoms with Crippen LogP contribution in [0.5, 0.6) is 0 Å². The van der Waals surface area contributed by atoms with E-state index in [1.807, 2.05) is 91.0 Å². The lowest BCUT2D eigenvalue weighted by Crippen LogP contribution is -2.57. The molecule has 1 heterocycles. The Morgan fingerprint density at radius 2 is 1.39 bits per heavy atom. The van der Waals surface area contributed by atoms with Gasteiger partial charge in [0.2, 0.25) is 0 Å². The van der Waals surface area contributed by atoms with Gasteiger partial charge in [-0.3, -0.25) is 14.9 Å². The van der Waals surface area contributed by atoms with Crippen LogP contribution in [0.15, 0.2) is 115 Å². The first kappa shape index (κ1) is 37.5. The third-order valence-electron chi connectivity index (χ3n) is 8.27. The van der Waals surface area contributed by atoms with Crippen LogP contribution in [0.3, 0.4) is 0 Å². The van der Waals surface area contributed by atoms with Crippen LogP contribution in [0.2, 0.25) is 0 Å². The van der Waals surface area contributed by atoms with Gasteiger partial charge in [-0.2, -0.15) is 13.1 Å². The maximum atomic E-state index is 13.9. The summed E-state index contributed by atoms with van der Waals surface area (Å²) in [6, 6.07) is 32.8. The molecule has 5 rings (SSSR count). The molecular weight excluding hydrogens is 693 g/mol. The lowest BCUT2D eigenvalue weighted by molar-refractivity contribution is -0.384. The molecule has 0 saturated carbocycles. The molecule has 1 unspecified atom stereocenters. The van der Waals surface area contributed by atoms with Crippen LogP contribution >= 0.6 is 11.8 Å². The molecular formula is C37H40N4O8S2. The maximum absolute atomic E-state index is 13.9. The molecule has 12 nitrogen and oxygen atoms in total. The van der Waals surface area contributed by atoms with E-state index in [1.165, 1.54) is 29.2 Å². The van der Waals surface area contributed by atoms with E-state index < -0.39 is 49.6 Å². The van der Waals surface area contributed by atoms with E-state index in [0.29, 0.717) is 5.56 Å². The minimum Gasteiger partial charge on any atom is -0.459 e. The summed E-state index contributed by atoms with van der Waals surface area (Å²) in [7, 11) is -4.45. The highest BCUT2D eigenvalue weighted by Crippen LogP contribution is 2.52. The fourth-order valence-corrected chi connectivity index (χ4v) is 8.63. The molecule has 1 saturated heterocycles. The number of non-ortho nitro benzene ring substituents is 1. The van der Waals surface area contributed by atoms with E-state index in [-0.39, 0.29) is 30.5 Å². The van der Waals surface area contributed by atoms with Gasteiger partial charge in [-0.05, 0) is 61.6 Å². The Morgan fingerprint density at radius 3 is 1.82 bits per heavy atom. The van der Waals surface area contributed by atoms with Crippen molar-refractivity contribution in [2.45, 2.75) is 61.5 Å². The van der Waals surface area contributed by atoms with Crippen LogP contribution < -0.4 is 9.86 Å². The van der Waals surface area contributed by atoms with Gasteiger partial charge >= 0.3 is 12.1 Å². The zero-order chi connectivity index (χ0) is 36.8. The Kier molecular flexibility index (Phi) is 11.5. The molecule has 1 aliphatic rings. The van der Waals surface area contributed by atoms with Gasteiger partial charge in [-0.1, -0.05) is 91.0 Å². The molecule has 4 aromatic rings. The Labute approximate surface area is 301 Å². The summed E-state index contributed by atoms with van der Waals surface area (Å²) in [6.45, 7) is 4.80. The van der Waals surface area contributed by atoms with Crippen molar-refractivity contribution < 1.29 is 32.4 Å². The standard InChI is InChI=1S/C37H40N4O8S2/c1-36(2,3)49-34(42)33(39-51(38,46)47)32-23-31(24-40(32)35(43)48-25-26-19-21-30(22-20-26)41(44)45)50-37(27-13-7-4-8-14-27,28-15-9-5-10-16-28)29-17-11-6-12-18-29/h4-22,31-33,39H,23-25H2,1-3H3,(H2,38,46,47)/t31-,32-,33?/m0/s1. The molecule has 1 aliphatic heterocycles. The largest absolute Gasteiger partial charge is 0.459 e. The van der Waals surface area contributed by atoms with Crippen molar-refractivity contribution in [3.63, 3.8) is 0 Å². The van der Waals surface area contributed by atoms with Crippen LogP contribution in [0.1, 0.15) is 49.4 Å². The monoisotopic (exact) mass is 732 g/mol. The number of likely N-dealkylation sites (tertiary alicyclic amines) is 1. The van der Waals surface area contributed by atoms with Gasteiger partial charge in [0.25, 0.3) is 15.9 Å². The minimum atomic E-state index is -4.45. The third kappa shape index (κ3) is 9.33. The number of ether oxygens (including phenoxy) is 2. The first-order valence-electron chi connectivity index (χ1n) is 16.2. The molecule has 0 aliphatic carbocycles. The fourth-order valence-electron chi connectivity index (χ4n) is 6.18. The van der Waals surface area contributed by atoms with Gasteiger partial charge in [0, 0.05) is 23.9 Å². The molecule has 3 N–H and O–H groups in total. The van der Waals surface area contributed by atoms with Gasteiger partial charge in [0.1, 0.15) is 18.2 Å². The summed E-state index contributed by atoms with van der Waals surface area (Å²) < 4.78 is 37.7. The average Bonchev–Trinajstić information content (AvgIpc) is 3.52. The number of nitrogens with one attached hydrogen (secondary N) is 1. The number of benzene rings is 4. The highest BCUT2D eigenvalue weighted by molar-refractivity contribution is 8.01. The highest BCUT2D eigenvalue weighted by Gasteiger charge is 2.49. The van der Waals surface area contributed by atoms with Crippen molar-refractivity contribution in [3.8, 4) is 0 Å². The predicted molar refractivity (Wildman–Crippen MR) is 195 cm³/mol. The smallest absolute Gasteiger partial charge is 0.410 e. The van der Waals surface area contributed by atoms with Gasteiger partial charge in [0.15, 0.2) is 0 Å². The lowest BCUT2D eigenvalue weighted by Gasteiger charge is -2.37. The Hall–Kier alpha value is -4.76. The quantitative estimate of drug-likeness (QED) is 0.0779. The van der Waals surface area contributed by atoms with E-state index in [4.69, 9.17) is 14.6 Å². The van der Waals surface area contributed by atoms with Crippen LogP contribution in [0, 0.1) is 10.1 Å². The summed E-state index contributed by atoms with van der Waals surface area (Å²) >= 11 is 1.59. The third-order valence-corrected chi connectivity index (χ3v) is 10.6. The number of amides is 1. The van der Waals surface area contributed by atoms with Crippen molar-refractivity contribution >= 4 is 39.7 Å². The molecule has 0 aromatic heterocycles. The molecule has 4 aromatic carbocycles. The van der Waals surface area contributed by atoms with Crippen LogP contribution in [0.25, 0.3) is 0 Å². The van der Waals surface area contributed by atoms with E-state index in [0.717, 1.165) is 16.7 Å². The number of nitro benzene ring substituents is 1. The number of nitrogens with two attached hydrogens (primary N) is 1. The molecule has 0 bridgehead atoms. The van der Waals surface area contributed by atoms with Gasteiger partial charge in [-0.15, -0.1) is 11.8 Å². The molecule has 51 heavy (non-hydrogen) atoms. The number of carbonyl (C=O) groups is 2. The lowest BCUT2D eigenvalue weighted by atomic mass is 9.84. The number of hydrogen-bond acceptors (Lipinski definition) is 9. The number of rotatable bonds is 12. The molecule has 1 amide bonds. The van der Waals surface area contributed by atoms with E-state index in [9.17, 15) is 28.1 Å². The van der Waals surface area contributed by atoms with Gasteiger partial charge < -0.3 is 14.4 Å². The second-order valence-electron chi connectivity index (χ2n) is 13.1. The van der Waals surface area contributed by atoms with Crippen molar-refractivity contribution in [1.29, 1.82) is 0 Å². The summed E-state index contributed by atoms with van der Waals surface area (Å²) in [5.41, 5.74) is 2.35.